The molecule has 0 amide bonds. The number of hydrogen-bond donors (Lipinski definition) is 0. The van der Waals surface area contributed by atoms with Crippen molar-refractivity contribution in [3.05, 3.63) is 46.6 Å². The van der Waals surface area contributed by atoms with Crippen molar-refractivity contribution in [2.24, 2.45) is 0 Å². The number of alkyl halides is 1. The van der Waals surface area contributed by atoms with Crippen LogP contribution in [0.1, 0.15) is 6.42 Å². The number of hydrogen-bond acceptors (Lipinski definition) is 2. The fourth-order valence-electron chi connectivity index (χ4n) is 0.908. The lowest BCUT2D eigenvalue weighted by Crippen LogP contribution is -2.29. The van der Waals surface area contributed by atoms with Crippen LogP contribution in [-0.4, -0.2) is 9.37 Å². The van der Waals surface area contributed by atoms with Crippen molar-refractivity contribution in [2.75, 3.05) is 0 Å². The quantitative estimate of drug-likeness (QED) is 0.316. The van der Waals surface area contributed by atoms with E-state index in [9.17, 15) is 10.1 Å². The number of rotatable bonds is 2. The van der Waals surface area contributed by atoms with Crippen molar-refractivity contribution in [2.45, 2.75) is 10.9 Å². The van der Waals surface area contributed by atoms with Crippen LogP contribution < -0.4 is 0 Å². The van der Waals surface area contributed by atoms with Crippen LogP contribution in [-0.2, 0) is 0 Å². The number of nitrogens with zero attached hydrogens (tertiary/aromatic N) is 1. The van der Waals surface area contributed by atoms with Crippen molar-refractivity contribution < 1.29 is 4.92 Å². The average molecular weight is 230 g/mol. The molecule has 0 aromatic heterocycles. The van der Waals surface area contributed by atoms with Crippen LogP contribution in [0.2, 0.25) is 0 Å². The highest BCUT2D eigenvalue weighted by Gasteiger charge is 2.36. The molecule has 0 heterocycles. The fraction of sp³-hybridized carbons (Fsp3) is 0.250. The maximum Gasteiger partial charge on any atom is 0.296 e. The van der Waals surface area contributed by atoms with Crippen molar-refractivity contribution in [1.82, 2.24) is 0 Å². The van der Waals surface area contributed by atoms with Gasteiger partial charge in [0.1, 0.15) is 0 Å². The van der Waals surface area contributed by atoms with Gasteiger partial charge < -0.3 is 0 Å². The Morgan fingerprint density at radius 1 is 1.83 bits per heavy atom. The van der Waals surface area contributed by atoms with E-state index in [0.29, 0.717) is 6.42 Å². The van der Waals surface area contributed by atoms with Crippen LogP contribution in [0.4, 0.5) is 0 Å². The predicted octanol–water partition coefficient (Wildman–Crippen LogP) is 2.43. The normalized spacial score (nSPS) is 27.9. The van der Waals surface area contributed by atoms with Crippen LogP contribution in [0.5, 0.6) is 0 Å². The van der Waals surface area contributed by atoms with Gasteiger partial charge in [0.2, 0.25) is 0 Å². The zero-order valence-corrected chi connectivity index (χ0v) is 7.95. The summed E-state index contributed by atoms with van der Waals surface area (Å²) in [7, 11) is 0. The van der Waals surface area contributed by atoms with E-state index in [0.717, 1.165) is 5.57 Å². The van der Waals surface area contributed by atoms with Crippen molar-refractivity contribution in [1.29, 1.82) is 0 Å². The molecule has 0 saturated heterocycles. The van der Waals surface area contributed by atoms with Crippen molar-refractivity contribution in [3.8, 4) is 0 Å². The summed E-state index contributed by atoms with van der Waals surface area (Å²) < 4.78 is -1.11. The predicted molar refractivity (Wildman–Crippen MR) is 50.7 cm³/mol. The lowest BCUT2D eigenvalue weighted by Gasteiger charge is -2.16. The van der Waals surface area contributed by atoms with Gasteiger partial charge in [-0.25, -0.2) is 0 Å². The molecule has 0 aromatic carbocycles. The summed E-state index contributed by atoms with van der Waals surface area (Å²) in [6.07, 6.45) is 7.03. The molecule has 0 bridgehead atoms. The molecular formula is C8H8BrNO2. The summed E-state index contributed by atoms with van der Waals surface area (Å²) in [4.78, 5) is 10.2. The molecule has 4 heteroatoms. The largest absolute Gasteiger partial charge is 0.296 e. The zero-order valence-electron chi connectivity index (χ0n) is 6.37. The van der Waals surface area contributed by atoms with Crippen LogP contribution in [0.3, 0.4) is 0 Å². The van der Waals surface area contributed by atoms with E-state index in [1.165, 1.54) is 6.08 Å². The summed E-state index contributed by atoms with van der Waals surface area (Å²) in [5, 5.41) is 10.5. The maximum absolute atomic E-state index is 10.5. The molecule has 3 nitrogen and oxygen atoms in total. The lowest BCUT2D eigenvalue weighted by atomic mass is 10.0. The Labute approximate surface area is 78.7 Å². The van der Waals surface area contributed by atoms with Gasteiger partial charge in [0.15, 0.2) is 0 Å². The molecule has 1 atom stereocenters. The molecule has 0 fully saturated rings. The SMILES string of the molecule is C=CC1=CCC(Br)([N+](=O)[O-])C=C1. The lowest BCUT2D eigenvalue weighted by molar-refractivity contribution is -0.521. The molecule has 0 aromatic rings. The van der Waals surface area contributed by atoms with E-state index >= 15 is 0 Å². The van der Waals surface area contributed by atoms with E-state index in [4.69, 9.17) is 0 Å². The Bertz CT molecular complexity index is 283. The van der Waals surface area contributed by atoms with Gasteiger partial charge in [0.05, 0.1) is 6.42 Å². The van der Waals surface area contributed by atoms with E-state index < -0.39 is 4.45 Å². The molecule has 1 aliphatic rings. The smallest absolute Gasteiger partial charge is 0.263 e. The van der Waals surface area contributed by atoms with Crippen LogP contribution in [0, 0.1) is 10.1 Å². The Morgan fingerprint density at radius 3 is 2.83 bits per heavy atom. The van der Waals surface area contributed by atoms with E-state index in [-0.39, 0.29) is 4.92 Å². The highest BCUT2D eigenvalue weighted by molar-refractivity contribution is 9.10. The molecular weight excluding hydrogens is 222 g/mol. The summed E-state index contributed by atoms with van der Waals surface area (Å²) in [6, 6.07) is 0. The third-order valence-corrected chi connectivity index (χ3v) is 2.57. The first-order valence-electron chi connectivity index (χ1n) is 3.44. The van der Waals surface area contributed by atoms with Crippen LogP contribution >= 0.6 is 15.9 Å². The van der Waals surface area contributed by atoms with Gasteiger partial charge >= 0.3 is 0 Å². The third-order valence-electron chi connectivity index (χ3n) is 1.69. The second-order valence-electron chi connectivity index (χ2n) is 2.52. The number of allylic oxidation sites excluding steroid dienone is 3. The van der Waals surface area contributed by atoms with Gasteiger partial charge in [0, 0.05) is 26.9 Å². The Kier molecular flexibility index (Phi) is 2.47. The number of nitro groups is 1. The molecule has 64 valence electrons. The summed E-state index contributed by atoms with van der Waals surface area (Å²) in [5.41, 5.74) is 0.923. The van der Waals surface area contributed by atoms with Crippen molar-refractivity contribution >= 4 is 15.9 Å². The van der Waals surface area contributed by atoms with E-state index in [1.807, 2.05) is 0 Å². The fourth-order valence-corrected chi connectivity index (χ4v) is 1.20. The Morgan fingerprint density at radius 2 is 2.50 bits per heavy atom. The summed E-state index contributed by atoms with van der Waals surface area (Å²) >= 11 is 3.05. The first-order valence-corrected chi connectivity index (χ1v) is 4.23. The molecule has 1 aliphatic carbocycles. The average Bonchev–Trinajstić information content (AvgIpc) is 2.06. The van der Waals surface area contributed by atoms with Crippen molar-refractivity contribution in [3.63, 3.8) is 0 Å². The third kappa shape index (κ3) is 1.64. The highest BCUT2D eigenvalue weighted by Crippen LogP contribution is 2.30. The molecule has 0 saturated carbocycles. The molecule has 0 spiro atoms. The Hall–Kier alpha value is -0.900. The van der Waals surface area contributed by atoms with Gasteiger partial charge in [-0.3, -0.25) is 10.1 Å². The minimum absolute atomic E-state index is 0.347. The molecule has 1 rings (SSSR count). The Balaban J connectivity index is 2.83. The monoisotopic (exact) mass is 229 g/mol. The van der Waals surface area contributed by atoms with Crippen LogP contribution in [0.25, 0.3) is 0 Å². The number of halogens is 1. The van der Waals surface area contributed by atoms with Gasteiger partial charge in [-0.1, -0.05) is 24.8 Å². The second-order valence-corrected chi connectivity index (χ2v) is 3.89. The first kappa shape index (κ1) is 9.19. The van der Waals surface area contributed by atoms with Gasteiger partial charge in [-0.2, -0.15) is 0 Å². The standard InChI is InChI=1S/C8H8BrNO2/c1-2-7-3-5-8(9,6-4-7)10(11)12/h2-5H,1,6H2. The minimum Gasteiger partial charge on any atom is -0.263 e. The minimum atomic E-state index is -1.11. The van der Waals surface area contributed by atoms with Crippen LogP contribution in [0.15, 0.2) is 36.5 Å². The second kappa shape index (κ2) is 3.23. The molecule has 0 radical (unpaired) electrons. The molecule has 12 heavy (non-hydrogen) atoms. The van der Waals surface area contributed by atoms with Gasteiger partial charge in [0.25, 0.3) is 4.45 Å². The molecule has 0 aliphatic heterocycles. The topological polar surface area (TPSA) is 43.1 Å². The summed E-state index contributed by atoms with van der Waals surface area (Å²) in [6.45, 7) is 3.57. The highest BCUT2D eigenvalue weighted by atomic mass is 79.9. The molecule has 1 unspecified atom stereocenters. The van der Waals surface area contributed by atoms with E-state index in [2.05, 4.69) is 22.5 Å². The summed E-state index contributed by atoms with van der Waals surface area (Å²) in [5.74, 6) is 0. The van der Waals surface area contributed by atoms with Gasteiger partial charge in [-0.05, 0) is 5.57 Å². The zero-order chi connectivity index (χ0) is 9.19. The maximum atomic E-state index is 10.5. The molecule has 0 N–H and O–H groups in total. The first-order chi connectivity index (χ1) is 5.58. The van der Waals surface area contributed by atoms with E-state index in [1.54, 1.807) is 18.2 Å². The van der Waals surface area contributed by atoms with Gasteiger partial charge in [-0.15, -0.1) is 0 Å².